The van der Waals surface area contributed by atoms with Crippen LogP contribution in [-0.2, 0) is 11.2 Å². The maximum atomic E-state index is 12.0. The summed E-state index contributed by atoms with van der Waals surface area (Å²) in [5, 5.41) is 13.0. The first-order chi connectivity index (χ1) is 10.6. The first-order valence-electron chi connectivity index (χ1n) is 7.64. The van der Waals surface area contributed by atoms with Crippen LogP contribution in [0.2, 0.25) is 0 Å². The molecule has 0 saturated heterocycles. The van der Waals surface area contributed by atoms with Crippen LogP contribution in [0.25, 0.3) is 11.5 Å². The predicted molar refractivity (Wildman–Crippen MR) is 82.1 cm³/mol. The van der Waals surface area contributed by atoms with Crippen molar-refractivity contribution in [1.82, 2.24) is 10.3 Å². The monoisotopic (exact) mass is 300 g/mol. The van der Waals surface area contributed by atoms with Gasteiger partial charge in [-0.3, -0.25) is 4.79 Å². The molecule has 0 bridgehead atoms. The fraction of sp³-hybridized carbons (Fsp3) is 0.412. The van der Waals surface area contributed by atoms with Crippen LogP contribution in [0, 0.1) is 0 Å². The topological polar surface area (TPSA) is 75.4 Å². The summed E-state index contributed by atoms with van der Waals surface area (Å²) in [5.41, 5.74) is 0.749. The van der Waals surface area contributed by atoms with Gasteiger partial charge in [0, 0.05) is 12.1 Å². The Morgan fingerprint density at radius 1 is 1.27 bits per heavy atom. The van der Waals surface area contributed by atoms with Gasteiger partial charge >= 0.3 is 0 Å². The summed E-state index contributed by atoms with van der Waals surface area (Å²) in [6.45, 7) is 0.315. The van der Waals surface area contributed by atoms with Crippen molar-refractivity contribution in [3.05, 3.63) is 42.3 Å². The Morgan fingerprint density at radius 3 is 2.73 bits per heavy atom. The van der Waals surface area contributed by atoms with Crippen molar-refractivity contribution in [2.45, 2.75) is 37.7 Å². The van der Waals surface area contributed by atoms with E-state index in [9.17, 15) is 9.90 Å². The van der Waals surface area contributed by atoms with Crippen LogP contribution in [-0.4, -0.2) is 28.1 Å². The number of oxazole rings is 1. The molecule has 22 heavy (non-hydrogen) atoms. The molecule has 1 aliphatic carbocycles. The van der Waals surface area contributed by atoms with Gasteiger partial charge in [0.05, 0.1) is 17.7 Å². The lowest BCUT2D eigenvalue weighted by Crippen LogP contribution is -2.41. The second-order valence-electron chi connectivity index (χ2n) is 5.89. The number of carbonyl (C=O) groups excluding carboxylic acids is 1. The van der Waals surface area contributed by atoms with Crippen LogP contribution < -0.4 is 5.32 Å². The molecule has 1 saturated carbocycles. The summed E-state index contributed by atoms with van der Waals surface area (Å²) in [6, 6.07) is 9.56. The Balaban J connectivity index is 1.55. The van der Waals surface area contributed by atoms with Crippen molar-refractivity contribution in [3.8, 4) is 11.5 Å². The van der Waals surface area contributed by atoms with Crippen LogP contribution in [0.5, 0.6) is 0 Å². The number of aliphatic hydroxyl groups is 1. The molecule has 1 aromatic carbocycles. The third-order valence-corrected chi connectivity index (χ3v) is 4.06. The second-order valence-corrected chi connectivity index (χ2v) is 5.89. The highest BCUT2D eigenvalue weighted by molar-refractivity contribution is 5.78. The van der Waals surface area contributed by atoms with Crippen molar-refractivity contribution in [1.29, 1.82) is 0 Å². The van der Waals surface area contributed by atoms with E-state index in [1.54, 1.807) is 0 Å². The predicted octanol–water partition coefficient (Wildman–Crippen LogP) is 2.31. The van der Waals surface area contributed by atoms with Gasteiger partial charge in [-0.05, 0) is 25.0 Å². The molecule has 1 aromatic heterocycles. The molecule has 0 unspecified atom stereocenters. The molecule has 5 nitrogen and oxygen atoms in total. The third-order valence-electron chi connectivity index (χ3n) is 4.06. The zero-order valence-electron chi connectivity index (χ0n) is 12.4. The lowest BCUT2D eigenvalue weighted by Gasteiger charge is -2.22. The Bertz CT molecular complexity index is 630. The van der Waals surface area contributed by atoms with E-state index in [1.807, 2.05) is 30.3 Å². The molecule has 1 fully saturated rings. The van der Waals surface area contributed by atoms with Crippen LogP contribution in [0.4, 0.5) is 0 Å². The van der Waals surface area contributed by atoms with Gasteiger partial charge in [-0.2, -0.15) is 0 Å². The standard InChI is InChI=1S/C17H20N2O3/c20-15(18-12-17(21)8-4-5-9-17)10-14-11-22-16(19-14)13-6-2-1-3-7-13/h1-3,6-7,11,21H,4-5,8-10,12H2,(H,18,20). The van der Waals surface area contributed by atoms with E-state index in [0.717, 1.165) is 31.2 Å². The number of benzene rings is 1. The first kappa shape index (κ1) is 14.8. The zero-order chi connectivity index (χ0) is 15.4. The zero-order valence-corrected chi connectivity index (χ0v) is 12.4. The average molecular weight is 300 g/mol. The summed E-state index contributed by atoms with van der Waals surface area (Å²) < 4.78 is 5.41. The minimum absolute atomic E-state index is 0.145. The van der Waals surface area contributed by atoms with Gasteiger partial charge in [0.15, 0.2) is 0 Å². The smallest absolute Gasteiger partial charge is 0.226 e. The molecule has 3 rings (SSSR count). The van der Waals surface area contributed by atoms with Gasteiger partial charge in [-0.1, -0.05) is 31.0 Å². The van der Waals surface area contributed by atoms with Gasteiger partial charge in [0.1, 0.15) is 6.26 Å². The molecule has 1 amide bonds. The van der Waals surface area contributed by atoms with E-state index >= 15 is 0 Å². The van der Waals surface area contributed by atoms with E-state index in [1.165, 1.54) is 6.26 Å². The highest BCUT2D eigenvalue weighted by atomic mass is 16.3. The van der Waals surface area contributed by atoms with Gasteiger partial charge in [-0.25, -0.2) is 4.98 Å². The Labute approximate surface area is 129 Å². The van der Waals surface area contributed by atoms with Crippen LogP contribution in [0.1, 0.15) is 31.4 Å². The first-order valence-corrected chi connectivity index (χ1v) is 7.64. The van der Waals surface area contributed by atoms with E-state index in [4.69, 9.17) is 4.42 Å². The lowest BCUT2D eigenvalue weighted by atomic mass is 10.0. The molecular weight excluding hydrogens is 280 g/mol. The highest BCUT2D eigenvalue weighted by Crippen LogP contribution is 2.28. The van der Waals surface area contributed by atoms with Crippen LogP contribution in [0.3, 0.4) is 0 Å². The van der Waals surface area contributed by atoms with Gasteiger partial charge < -0.3 is 14.8 Å². The largest absolute Gasteiger partial charge is 0.444 e. The van der Waals surface area contributed by atoms with Gasteiger partial charge in [-0.15, -0.1) is 0 Å². The molecule has 116 valence electrons. The third kappa shape index (κ3) is 3.54. The molecule has 5 heteroatoms. The quantitative estimate of drug-likeness (QED) is 0.888. The van der Waals surface area contributed by atoms with Crippen LogP contribution in [0.15, 0.2) is 41.0 Å². The summed E-state index contributed by atoms with van der Waals surface area (Å²) in [7, 11) is 0. The van der Waals surface area contributed by atoms with E-state index in [2.05, 4.69) is 10.3 Å². The number of hydrogen-bond donors (Lipinski definition) is 2. The minimum Gasteiger partial charge on any atom is -0.444 e. The average Bonchev–Trinajstić information content (AvgIpc) is 3.16. The van der Waals surface area contributed by atoms with Crippen molar-refractivity contribution in [3.63, 3.8) is 0 Å². The maximum Gasteiger partial charge on any atom is 0.226 e. The fourth-order valence-electron chi connectivity index (χ4n) is 2.80. The summed E-state index contributed by atoms with van der Waals surface area (Å²) in [4.78, 5) is 16.3. The van der Waals surface area contributed by atoms with Crippen LogP contribution >= 0.6 is 0 Å². The van der Waals surface area contributed by atoms with Crippen molar-refractivity contribution < 1.29 is 14.3 Å². The van der Waals surface area contributed by atoms with Gasteiger partial charge in [0.25, 0.3) is 0 Å². The minimum atomic E-state index is -0.727. The van der Waals surface area contributed by atoms with Crippen molar-refractivity contribution in [2.24, 2.45) is 0 Å². The summed E-state index contributed by atoms with van der Waals surface area (Å²) in [5.74, 6) is 0.367. The number of amides is 1. The van der Waals surface area contributed by atoms with E-state index in [-0.39, 0.29) is 12.3 Å². The Kier molecular flexibility index (Phi) is 4.24. The maximum absolute atomic E-state index is 12.0. The van der Waals surface area contributed by atoms with Gasteiger partial charge in [0.2, 0.25) is 11.8 Å². The number of nitrogens with zero attached hydrogens (tertiary/aromatic N) is 1. The molecule has 0 aliphatic heterocycles. The van der Waals surface area contributed by atoms with E-state index < -0.39 is 5.60 Å². The summed E-state index contributed by atoms with van der Waals surface area (Å²) in [6.07, 6.45) is 5.23. The normalized spacial score (nSPS) is 16.6. The molecule has 0 spiro atoms. The molecule has 1 heterocycles. The second kappa shape index (κ2) is 6.32. The molecule has 0 radical (unpaired) electrons. The van der Waals surface area contributed by atoms with E-state index in [0.29, 0.717) is 18.1 Å². The molecule has 2 aromatic rings. The lowest BCUT2D eigenvalue weighted by molar-refractivity contribution is -0.121. The SMILES string of the molecule is O=C(Cc1coc(-c2ccccc2)n1)NCC1(O)CCCC1. The Hall–Kier alpha value is -2.14. The number of nitrogens with one attached hydrogen (secondary N) is 1. The fourth-order valence-corrected chi connectivity index (χ4v) is 2.80. The molecule has 1 aliphatic rings. The number of rotatable bonds is 5. The molecule has 2 N–H and O–H groups in total. The molecular formula is C17H20N2O3. The number of aromatic nitrogens is 1. The molecule has 0 atom stereocenters. The highest BCUT2D eigenvalue weighted by Gasteiger charge is 2.31. The van der Waals surface area contributed by atoms with Crippen molar-refractivity contribution in [2.75, 3.05) is 6.54 Å². The number of hydrogen-bond acceptors (Lipinski definition) is 4. The number of carbonyl (C=O) groups is 1. The van der Waals surface area contributed by atoms with Crippen molar-refractivity contribution >= 4 is 5.91 Å². The Morgan fingerprint density at radius 2 is 2.00 bits per heavy atom. The summed E-state index contributed by atoms with van der Waals surface area (Å²) >= 11 is 0.